The maximum atomic E-state index is 14.0. The number of aryl methyl sites for hydroxylation is 1. The summed E-state index contributed by atoms with van der Waals surface area (Å²) in [4.78, 5) is 8.95. The van der Waals surface area contributed by atoms with Crippen molar-refractivity contribution in [2.45, 2.75) is 31.5 Å². The number of likely N-dealkylation sites (tertiary alicyclic amines) is 1. The van der Waals surface area contributed by atoms with E-state index in [1.54, 1.807) is 19.2 Å². The van der Waals surface area contributed by atoms with Gasteiger partial charge in [0.15, 0.2) is 17.5 Å². The van der Waals surface area contributed by atoms with Crippen LogP contribution in [0.5, 0.6) is 5.75 Å². The van der Waals surface area contributed by atoms with Crippen molar-refractivity contribution in [2.24, 2.45) is 12.0 Å². The molecule has 1 atom stereocenters. The van der Waals surface area contributed by atoms with Crippen molar-refractivity contribution in [1.29, 1.82) is 0 Å². The Kier molecular flexibility index (Phi) is 10.8. The molecule has 0 spiro atoms. The number of nitrogens with one attached hydrogen (secondary N) is 2. The average molecular weight is 573 g/mol. The number of hydrogen-bond donors (Lipinski definition) is 2. The number of aliphatic imine (C=N–C) groups is 1. The SMILES string of the molecule is CN=C(NCC(c1cnn(C)c1)N(C)C)NC1CCN(Cc2ccc(OC)c(F)c2)CC1.I. The standard InChI is InChI=1S/C23H36FN7O.HI/c1-25-23(26-14-21(29(2)3)18-13-27-30(4)16-18)28-19-8-10-31(11-9-19)15-17-6-7-22(32-5)20(24)12-17;/h6-7,12-13,16,19,21H,8-11,14-15H2,1-5H3,(H2,25,26,28);1H. The third-order valence-electron chi connectivity index (χ3n) is 5.97. The highest BCUT2D eigenvalue weighted by molar-refractivity contribution is 14.0. The quantitative estimate of drug-likeness (QED) is 0.288. The first-order valence-corrected chi connectivity index (χ1v) is 11.1. The first-order valence-electron chi connectivity index (χ1n) is 11.1. The van der Waals surface area contributed by atoms with E-state index >= 15 is 0 Å². The van der Waals surface area contributed by atoms with Crippen LogP contribution in [0.1, 0.15) is 30.0 Å². The van der Waals surface area contributed by atoms with Crippen molar-refractivity contribution >= 4 is 29.9 Å². The average Bonchev–Trinajstić information content (AvgIpc) is 3.20. The highest BCUT2D eigenvalue weighted by atomic mass is 127. The zero-order chi connectivity index (χ0) is 23.1. The summed E-state index contributed by atoms with van der Waals surface area (Å²) in [6, 6.07) is 5.76. The van der Waals surface area contributed by atoms with Crippen LogP contribution in [0.25, 0.3) is 0 Å². The lowest BCUT2D eigenvalue weighted by atomic mass is 10.0. The maximum absolute atomic E-state index is 14.0. The molecule has 0 saturated carbocycles. The number of nitrogens with zero attached hydrogens (tertiary/aromatic N) is 5. The molecule has 0 bridgehead atoms. The fraction of sp³-hybridized carbons (Fsp3) is 0.565. The molecule has 0 aliphatic carbocycles. The Balaban J connectivity index is 0.00000385. The van der Waals surface area contributed by atoms with Crippen molar-refractivity contribution in [1.82, 2.24) is 30.2 Å². The van der Waals surface area contributed by atoms with Crippen molar-refractivity contribution in [3.8, 4) is 5.75 Å². The minimum absolute atomic E-state index is 0. The minimum Gasteiger partial charge on any atom is -0.494 e. The van der Waals surface area contributed by atoms with Gasteiger partial charge in [-0.05, 0) is 44.6 Å². The summed E-state index contributed by atoms with van der Waals surface area (Å²) < 4.78 is 20.8. The summed E-state index contributed by atoms with van der Waals surface area (Å²) >= 11 is 0. The maximum Gasteiger partial charge on any atom is 0.191 e. The molecule has 1 saturated heterocycles. The largest absolute Gasteiger partial charge is 0.494 e. The molecule has 1 aliphatic heterocycles. The van der Waals surface area contributed by atoms with E-state index in [2.05, 4.69) is 44.6 Å². The Bertz CT molecular complexity index is 897. The molecule has 3 rings (SSSR count). The molecule has 0 amide bonds. The van der Waals surface area contributed by atoms with E-state index in [9.17, 15) is 4.39 Å². The summed E-state index contributed by atoms with van der Waals surface area (Å²) in [5.74, 6) is 0.797. The van der Waals surface area contributed by atoms with Crippen LogP contribution in [0.4, 0.5) is 4.39 Å². The van der Waals surface area contributed by atoms with Gasteiger partial charge in [0, 0.05) is 58.1 Å². The zero-order valence-electron chi connectivity index (χ0n) is 20.2. The predicted octanol–water partition coefficient (Wildman–Crippen LogP) is 2.62. The third kappa shape index (κ3) is 7.82. The molecule has 1 aromatic heterocycles. The van der Waals surface area contributed by atoms with Crippen LogP contribution >= 0.6 is 24.0 Å². The number of rotatable bonds is 8. The van der Waals surface area contributed by atoms with Crippen LogP contribution in [0.3, 0.4) is 0 Å². The van der Waals surface area contributed by atoms with Crippen molar-refractivity contribution in [3.05, 3.63) is 47.5 Å². The second-order valence-corrected chi connectivity index (χ2v) is 8.54. The number of hydrogen-bond acceptors (Lipinski definition) is 5. The molecular weight excluding hydrogens is 536 g/mol. The highest BCUT2D eigenvalue weighted by Crippen LogP contribution is 2.20. The topological polar surface area (TPSA) is 70.0 Å². The Morgan fingerprint density at radius 3 is 2.61 bits per heavy atom. The Labute approximate surface area is 213 Å². The van der Waals surface area contributed by atoms with Gasteiger partial charge < -0.3 is 20.3 Å². The number of likely N-dealkylation sites (N-methyl/N-ethyl adjacent to an activating group) is 1. The van der Waals surface area contributed by atoms with Crippen molar-refractivity contribution in [2.75, 3.05) is 47.9 Å². The lowest BCUT2D eigenvalue weighted by Crippen LogP contribution is -2.49. The van der Waals surface area contributed by atoms with E-state index in [4.69, 9.17) is 4.74 Å². The molecule has 10 heteroatoms. The molecular formula is C23H37FIN7O. The number of aromatic nitrogens is 2. The summed E-state index contributed by atoms with van der Waals surface area (Å²) in [5, 5.41) is 11.3. The molecule has 1 unspecified atom stereocenters. The van der Waals surface area contributed by atoms with Crippen LogP contribution in [0, 0.1) is 5.82 Å². The number of halogens is 2. The second-order valence-electron chi connectivity index (χ2n) is 8.54. The molecule has 2 heterocycles. The highest BCUT2D eigenvalue weighted by Gasteiger charge is 2.21. The van der Waals surface area contributed by atoms with Gasteiger partial charge in [-0.15, -0.1) is 24.0 Å². The van der Waals surface area contributed by atoms with Crippen LogP contribution < -0.4 is 15.4 Å². The van der Waals surface area contributed by atoms with Gasteiger partial charge in [-0.1, -0.05) is 6.07 Å². The van der Waals surface area contributed by atoms with E-state index in [1.807, 2.05) is 30.2 Å². The Hall–Kier alpha value is -1.92. The molecule has 184 valence electrons. The first kappa shape index (κ1) is 27.3. The molecule has 2 aromatic rings. The third-order valence-corrected chi connectivity index (χ3v) is 5.97. The predicted molar refractivity (Wildman–Crippen MR) is 141 cm³/mol. The smallest absolute Gasteiger partial charge is 0.191 e. The van der Waals surface area contributed by atoms with Crippen molar-refractivity contribution < 1.29 is 9.13 Å². The fourth-order valence-electron chi connectivity index (χ4n) is 4.09. The summed E-state index contributed by atoms with van der Waals surface area (Å²) in [5.41, 5.74) is 2.14. The second kappa shape index (κ2) is 13.1. The molecule has 2 N–H and O–H groups in total. The Morgan fingerprint density at radius 1 is 1.33 bits per heavy atom. The van der Waals surface area contributed by atoms with Gasteiger partial charge in [0.2, 0.25) is 0 Å². The number of benzene rings is 1. The monoisotopic (exact) mass is 573 g/mol. The van der Waals surface area contributed by atoms with E-state index < -0.39 is 0 Å². The van der Waals surface area contributed by atoms with Crippen LogP contribution in [-0.2, 0) is 13.6 Å². The molecule has 1 aliphatic rings. The van der Waals surface area contributed by atoms with Gasteiger partial charge in [-0.25, -0.2) is 4.39 Å². The minimum atomic E-state index is -0.307. The summed E-state index contributed by atoms with van der Waals surface area (Å²) in [6.45, 7) is 3.40. The van der Waals surface area contributed by atoms with Gasteiger partial charge >= 0.3 is 0 Å². The molecule has 8 nitrogen and oxygen atoms in total. The van der Waals surface area contributed by atoms with Gasteiger partial charge in [0.1, 0.15) is 0 Å². The van der Waals surface area contributed by atoms with E-state index in [0.717, 1.165) is 50.5 Å². The summed E-state index contributed by atoms with van der Waals surface area (Å²) in [6.07, 6.45) is 5.98. The summed E-state index contributed by atoms with van der Waals surface area (Å²) in [7, 11) is 9.36. The normalized spacial score (nSPS) is 16.4. The van der Waals surface area contributed by atoms with E-state index in [1.165, 1.54) is 12.7 Å². The lowest BCUT2D eigenvalue weighted by Gasteiger charge is -2.33. The molecule has 0 radical (unpaired) electrons. The van der Waals surface area contributed by atoms with Crippen LogP contribution in [0.15, 0.2) is 35.6 Å². The van der Waals surface area contributed by atoms with Crippen LogP contribution in [-0.4, -0.2) is 79.5 Å². The van der Waals surface area contributed by atoms with Gasteiger partial charge in [0.25, 0.3) is 0 Å². The lowest BCUT2D eigenvalue weighted by molar-refractivity contribution is 0.198. The van der Waals surface area contributed by atoms with Crippen molar-refractivity contribution in [3.63, 3.8) is 0 Å². The molecule has 1 fully saturated rings. The molecule has 33 heavy (non-hydrogen) atoms. The van der Waals surface area contributed by atoms with Crippen LogP contribution in [0.2, 0.25) is 0 Å². The number of ether oxygens (including phenoxy) is 1. The number of methoxy groups -OCH3 is 1. The first-order chi connectivity index (χ1) is 15.4. The number of piperidine rings is 1. The van der Waals surface area contributed by atoms with E-state index in [0.29, 0.717) is 6.04 Å². The zero-order valence-corrected chi connectivity index (χ0v) is 22.5. The number of guanidine groups is 1. The molecule has 1 aromatic carbocycles. The fourth-order valence-corrected chi connectivity index (χ4v) is 4.09. The van der Waals surface area contributed by atoms with Gasteiger partial charge in [0.05, 0.1) is 19.3 Å². The Morgan fingerprint density at radius 2 is 2.06 bits per heavy atom. The van der Waals surface area contributed by atoms with E-state index in [-0.39, 0.29) is 41.6 Å². The van der Waals surface area contributed by atoms with Gasteiger partial charge in [-0.3, -0.25) is 14.6 Å². The van der Waals surface area contributed by atoms with Gasteiger partial charge in [-0.2, -0.15) is 5.10 Å².